The number of carbonyl (C=O) groups excluding carboxylic acids is 2. The van der Waals surface area contributed by atoms with Gasteiger partial charge in [-0.3, -0.25) is 19.7 Å². The van der Waals surface area contributed by atoms with Gasteiger partial charge in [-0.25, -0.2) is 0 Å². The van der Waals surface area contributed by atoms with Gasteiger partial charge in [0.05, 0.1) is 28.3 Å². The van der Waals surface area contributed by atoms with E-state index in [2.05, 4.69) is 0 Å². The number of para-hydroxylation sites is 1. The van der Waals surface area contributed by atoms with Gasteiger partial charge in [-0.05, 0) is 17.5 Å². The zero-order valence-electron chi connectivity index (χ0n) is 18.4. The fourth-order valence-corrected chi connectivity index (χ4v) is 6.01. The molecule has 3 aliphatic rings. The van der Waals surface area contributed by atoms with E-state index in [4.69, 9.17) is 0 Å². The predicted molar refractivity (Wildman–Crippen MR) is 121 cm³/mol. The molecular formula is C26H19N5O4+2. The molecule has 7 rings (SSSR count). The maximum absolute atomic E-state index is 14.0. The summed E-state index contributed by atoms with van der Waals surface area (Å²) >= 11 is 0. The second-order valence-electron chi connectivity index (χ2n) is 8.97. The van der Waals surface area contributed by atoms with Gasteiger partial charge in [-0.2, -0.15) is 9.80 Å². The van der Waals surface area contributed by atoms with E-state index in [-0.39, 0.29) is 23.9 Å². The fraction of sp³-hybridized carbons (Fsp3) is 0.154. The van der Waals surface area contributed by atoms with E-state index in [1.807, 2.05) is 51.7 Å². The molecule has 0 aliphatic carbocycles. The molecule has 0 bridgehead atoms. The van der Waals surface area contributed by atoms with Crippen LogP contribution in [-0.2, 0) is 17.3 Å². The first-order valence-electron chi connectivity index (χ1n) is 11.3. The van der Waals surface area contributed by atoms with E-state index in [0.717, 1.165) is 16.5 Å². The Labute approximate surface area is 199 Å². The molecule has 2 atom stereocenters. The molecular weight excluding hydrogens is 446 g/mol. The van der Waals surface area contributed by atoms with Gasteiger partial charge < -0.3 is 0 Å². The lowest BCUT2D eigenvalue weighted by atomic mass is 9.96. The minimum atomic E-state index is -1.31. The van der Waals surface area contributed by atoms with Gasteiger partial charge in [0.15, 0.2) is 12.4 Å². The summed E-state index contributed by atoms with van der Waals surface area (Å²) in [7, 11) is 0. The number of hydrogen-bond donors (Lipinski definition) is 0. The van der Waals surface area contributed by atoms with Crippen LogP contribution in [0.15, 0.2) is 85.2 Å². The van der Waals surface area contributed by atoms with Gasteiger partial charge in [0.1, 0.15) is 6.54 Å². The van der Waals surface area contributed by atoms with Crippen molar-refractivity contribution in [3.8, 4) is 0 Å². The van der Waals surface area contributed by atoms with Crippen LogP contribution in [0.1, 0.15) is 34.2 Å². The number of amides is 2. The molecule has 35 heavy (non-hydrogen) atoms. The van der Waals surface area contributed by atoms with Crippen molar-refractivity contribution >= 4 is 28.3 Å². The molecule has 9 nitrogen and oxygen atoms in total. The molecule has 170 valence electrons. The maximum atomic E-state index is 14.0. The van der Waals surface area contributed by atoms with E-state index in [1.165, 1.54) is 6.07 Å². The Balaban J connectivity index is 1.57. The van der Waals surface area contributed by atoms with Crippen molar-refractivity contribution in [1.82, 2.24) is 9.80 Å². The van der Waals surface area contributed by atoms with Crippen molar-refractivity contribution in [3.63, 3.8) is 0 Å². The average Bonchev–Trinajstić information content (AvgIpc) is 3.37. The first-order chi connectivity index (χ1) is 17.0. The first kappa shape index (κ1) is 19.8. The third-order valence-electron chi connectivity index (χ3n) is 7.38. The van der Waals surface area contributed by atoms with Crippen LogP contribution in [0.3, 0.4) is 0 Å². The van der Waals surface area contributed by atoms with E-state index in [9.17, 15) is 19.7 Å². The number of nitro groups is 1. The first-order valence-corrected chi connectivity index (χ1v) is 11.3. The molecule has 1 spiro atoms. The summed E-state index contributed by atoms with van der Waals surface area (Å²) in [6.07, 6.45) is 3.66. The summed E-state index contributed by atoms with van der Waals surface area (Å²) in [5, 5.41) is 13.9. The van der Waals surface area contributed by atoms with Gasteiger partial charge >= 0.3 is 11.8 Å². The molecule has 1 fully saturated rings. The van der Waals surface area contributed by atoms with Gasteiger partial charge in [-0.15, -0.1) is 0 Å². The van der Waals surface area contributed by atoms with Crippen LogP contribution in [0.5, 0.6) is 0 Å². The number of fused-ring (bicyclic) bond motifs is 4. The lowest BCUT2D eigenvalue weighted by molar-refractivity contribution is -1.02. The molecule has 2 aromatic carbocycles. The largest absolute Gasteiger partial charge is 0.550 e. The van der Waals surface area contributed by atoms with Crippen molar-refractivity contribution in [2.24, 2.45) is 0 Å². The van der Waals surface area contributed by atoms with Crippen LogP contribution >= 0.6 is 0 Å². The maximum Gasteiger partial charge on any atom is 0.550 e. The number of nitro benzene ring substituents is 1. The predicted octanol–water partition coefficient (Wildman–Crippen LogP) is 2.38. The molecule has 9 heteroatoms. The molecule has 2 aromatic heterocycles. The third-order valence-corrected chi connectivity index (χ3v) is 7.38. The third kappa shape index (κ3) is 2.31. The lowest BCUT2D eigenvalue weighted by Crippen LogP contribution is -2.83. The molecule has 4 aromatic rings. The van der Waals surface area contributed by atoms with Crippen molar-refractivity contribution in [1.29, 1.82) is 0 Å². The number of rotatable bonds is 2. The van der Waals surface area contributed by atoms with Gasteiger partial charge in [0.2, 0.25) is 11.6 Å². The standard InChI is InChI=1S/C26H19N5O4/c32-24-15-22(19-9-3-4-10-20(19)31(34)35)30-25(33)21-11-5-6-13-27(21)26(30)28-14-12-17-7-1-2-8-18(17)23(28)16-29(24)26/h1-14,22H,15-16H2/q+2. The van der Waals surface area contributed by atoms with E-state index in [1.54, 1.807) is 46.3 Å². The van der Waals surface area contributed by atoms with Crippen LogP contribution < -0.4 is 9.13 Å². The lowest BCUT2D eigenvalue weighted by Gasteiger charge is -2.39. The van der Waals surface area contributed by atoms with E-state index < -0.39 is 16.9 Å². The zero-order valence-corrected chi connectivity index (χ0v) is 18.4. The molecule has 2 amide bonds. The second kappa shape index (κ2) is 6.69. The highest BCUT2D eigenvalue weighted by Gasteiger charge is 2.78. The van der Waals surface area contributed by atoms with Crippen molar-refractivity contribution < 1.29 is 23.6 Å². The highest BCUT2D eigenvalue weighted by atomic mass is 16.6. The molecule has 2 unspecified atom stereocenters. The second-order valence-corrected chi connectivity index (χ2v) is 8.97. The average molecular weight is 465 g/mol. The SMILES string of the molecule is O=C1CC(c2ccccc2[N+](=O)[O-])N2C(=O)c3cccc[n+]3C23N1Cc1c2ccccc2cc[n+]13. The molecule has 3 aliphatic heterocycles. The van der Waals surface area contributed by atoms with Crippen molar-refractivity contribution in [2.45, 2.75) is 24.9 Å². The van der Waals surface area contributed by atoms with Gasteiger partial charge in [-0.1, -0.05) is 45.5 Å². The summed E-state index contributed by atoms with van der Waals surface area (Å²) in [4.78, 5) is 42.6. The summed E-state index contributed by atoms with van der Waals surface area (Å²) in [6.45, 7) is 0.314. The number of carbonyl (C=O) groups is 2. The Hall–Kier alpha value is -4.66. The van der Waals surface area contributed by atoms with Gasteiger partial charge in [0.25, 0.3) is 11.4 Å². The summed E-state index contributed by atoms with van der Waals surface area (Å²) in [6, 6.07) is 20.8. The Bertz CT molecular complexity index is 1620. The zero-order chi connectivity index (χ0) is 23.9. The highest BCUT2D eigenvalue weighted by molar-refractivity contribution is 5.95. The molecule has 0 radical (unpaired) electrons. The highest BCUT2D eigenvalue weighted by Crippen LogP contribution is 2.46. The summed E-state index contributed by atoms with van der Waals surface area (Å²) in [5.74, 6) is -1.76. The number of pyridine rings is 2. The van der Waals surface area contributed by atoms with Crippen molar-refractivity contribution in [2.75, 3.05) is 0 Å². The van der Waals surface area contributed by atoms with Gasteiger partial charge in [0, 0.05) is 24.3 Å². The monoisotopic (exact) mass is 465 g/mol. The minimum Gasteiger partial charge on any atom is -0.274 e. The molecule has 5 heterocycles. The number of nitrogens with zero attached hydrogens (tertiary/aromatic N) is 5. The Morgan fingerprint density at radius 2 is 1.69 bits per heavy atom. The van der Waals surface area contributed by atoms with Crippen LogP contribution in [0.4, 0.5) is 5.69 Å². The fourth-order valence-electron chi connectivity index (χ4n) is 6.01. The van der Waals surface area contributed by atoms with Crippen LogP contribution in [-0.4, -0.2) is 26.5 Å². The van der Waals surface area contributed by atoms with Crippen LogP contribution in [0.25, 0.3) is 10.8 Å². The normalized spacial score (nSPS) is 22.1. The minimum absolute atomic E-state index is 0.0423. The smallest absolute Gasteiger partial charge is 0.274 e. The van der Waals surface area contributed by atoms with E-state index in [0.29, 0.717) is 17.8 Å². The Morgan fingerprint density at radius 3 is 2.54 bits per heavy atom. The molecule has 0 saturated carbocycles. The van der Waals surface area contributed by atoms with Crippen LogP contribution in [0, 0.1) is 10.1 Å². The summed E-state index contributed by atoms with van der Waals surface area (Å²) in [5.41, 5.74) is 1.57. The Morgan fingerprint density at radius 1 is 0.914 bits per heavy atom. The Kier molecular flexibility index (Phi) is 3.78. The number of hydrogen-bond acceptors (Lipinski definition) is 4. The molecule has 0 N–H and O–H groups in total. The quantitative estimate of drug-likeness (QED) is 0.258. The van der Waals surface area contributed by atoms with Crippen LogP contribution in [0.2, 0.25) is 0 Å². The topological polar surface area (TPSA) is 91.5 Å². The van der Waals surface area contributed by atoms with Crippen molar-refractivity contribution in [3.05, 3.63) is 112 Å². The summed E-state index contributed by atoms with van der Waals surface area (Å²) < 4.78 is 3.79. The van der Waals surface area contributed by atoms with E-state index >= 15 is 0 Å². The molecule has 1 saturated heterocycles. The number of aromatic nitrogens is 2. The number of benzene rings is 2.